The van der Waals surface area contributed by atoms with E-state index < -0.39 is 0 Å². The molecule has 1 saturated carbocycles. The molecule has 0 spiro atoms. The number of rotatable bonds is 4. The molecular formula is C16H15Cl5O2. The van der Waals surface area contributed by atoms with Crippen molar-refractivity contribution in [3.05, 3.63) is 43.3 Å². The molecule has 2 rings (SSSR count). The number of carbonyl (C=O) groups is 1. The Morgan fingerprint density at radius 1 is 1.22 bits per heavy atom. The molecule has 1 fully saturated rings. The van der Waals surface area contributed by atoms with Gasteiger partial charge in [-0.25, -0.2) is 0 Å². The Morgan fingerprint density at radius 2 is 1.83 bits per heavy atom. The van der Waals surface area contributed by atoms with Gasteiger partial charge in [-0.05, 0) is 29.9 Å². The third-order valence-corrected chi connectivity index (χ3v) is 5.74. The summed E-state index contributed by atoms with van der Waals surface area (Å²) in [6.07, 6.45) is 2.42. The molecule has 1 aromatic rings. The van der Waals surface area contributed by atoms with Crippen LogP contribution in [0.3, 0.4) is 0 Å². The summed E-state index contributed by atoms with van der Waals surface area (Å²) in [5.74, 6) is -0.330. The van der Waals surface area contributed by atoms with Crippen LogP contribution in [0.15, 0.2) is 22.7 Å². The van der Waals surface area contributed by atoms with Crippen LogP contribution >= 0.6 is 58.0 Å². The molecule has 0 aromatic heterocycles. The van der Waals surface area contributed by atoms with E-state index in [1.165, 1.54) is 6.07 Å². The molecule has 2 unspecified atom stereocenters. The number of halogens is 5. The molecule has 0 aliphatic heterocycles. The van der Waals surface area contributed by atoms with Gasteiger partial charge in [0.1, 0.15) is 11.1 Å². The van der Waals surface area contributed by atoms with Gasteiger partial charge in [0.05, 0.1) is 16.0 Å². The van der Waals surface area contributed by atoms with Crippen molar-refractivity contribution in [3.8, 4) is 0 Å². The molecule has 2 atom stereocenters. The SMILES string of the molecule is CC1(C)C(C=C(Cl)Cl)CC1C(=O)OCc1cc(Cl)c(Cl)cc1Cl. The first-order chi connectivity index (χ1) is 10.6. The van der Waals surface area contributed by atoms with Crippen LogP contribution in [0.1, 0.15) is 25.8 Å². The minimum atomic E-state index is -0.271. The van der Waals surface area contributed by atoms with Gasteiger partial charge in [-0.2, -0.15) is 0 Å². The molecule has 0 saturated heterocycles. The fourth-order valence-corrected chi connectivity index (χ4v) is 3.65. The normalized spacial score (nSPS) is 22.2. The summed E-state index contributed by atoms with van der Waals surface area (Å²) in [7, 11) is 0. The van der Waals surface area contributed by atoms with Gasteiger partial charge in [0, 0.05) is 10.6 Å². The van der Waals surface area contributed by atoms with Crippen LogP contribution in [-0.2, 0) is 16.1 Å². The van der Waals surface area contributed by atoms with Gasteiger partial charge >= 0.3 is 5.97 Å². The summed E-state index contributed by atoms with van der Waals surface area (Å²) in [6, 6.07) is 3.13. The van der Waals surface area contributed by atoms with Gasteiger partial charge < -0.3 is 4.74 Å². The molecule has 1 aliphatic rings. The molecule has 1 aliphatic carbocycles. The van der Waals surface area contributed by atoms with E-state index in [4.69, 9.17) is 62.7 Å². The third kappa shape index (κ3) is 4.29. The summed E-state index contributed by atoms with van der Waals surface area (Å²) in [6.45, 7) is 4.04. The zero-order valence-corrected chi connectivity index (χ0v) is 16.3. The average molecular weight is 417 g/mol. The van der Waals surface area contributed by atoms with Crippen molar-refractivity contribution in [2.24, 2.45) is 17.3 Å². The van der Waals surface area contributed by atoms with E-state index in [0.29, 0.717) is 27.1 Å². The van der Waals surface area contributed by atoms with Gasteiger partial charge in [-0.1, -0.05) is 77.9 Å². The largest absolute Gasteiger partial charge is 0.461 e. The monoisotopic (exact) mass is 414 g/mol. The van der Waals surface area contributed by atoms with Crippen molar-refractivity contribution in [1.29, 1.82) is 0 Å². The highest BCUT2D eigenvalue weighted by molar-refractivity contribution is 6.55. The lowest BCUT2D eigenvalue weighted by atomic mass is 9.55. The summed E-state index contributed by atoms with van der Waals surface area (Å²) >= 11 is 29.3. The number of benzene rings is 1. The maximum Gasteiger partial charge on any atom is 0.309 e. The van der Waals surface area contributed by atoms with Crippen molar-refractivity contribution in [1.82, 2.24) is 0 Å². The fourth-order valence-electron chi connectivity index (χ4n) is 2.72. The first-order valence-electron chi connectivity index (χ1n) is 6.95. The van der Waals surface area contributed by atoms with Crippen LogP contribution in [-0.4, -0.2) is 5.97 Å². The van der Waals surface area contributed by atoms with E-state index in [1.54, 1.807) is 12.1 Å². The zero-order valence-electron chi connectivity index (χ0n) is 12.5. The molecule has 23 heavy (non-hydrogen) atoms. The van der Waals surface area contributed by atoms with Gasteiger partial charge in [-0.3, -0.25) is 4.79 Å². The van der Waals surface area contributed by atoms with Gasteiger partial charge in [0.15, 0.2) is 0 Å². The minimum absolute atomic E-state index is 0.0535. The summed E-state index contributed by atoms with van der Waals surface area (Å²) in [4.78, 5) is 12.3. The smallest absolute Gasteiger partial charge is 0.309 e. The Balaban J connectivity index is 1.99. The summed E-state index contributed by atoms with van der Waals surface area (Å²) in [5.41, 5.74) is 0.361. The lowest BCUT2D eigenvalue weighted by Gasteiger charge is -2.49. The number of carbonyl (C=O) groups excluding carboxylic acids is 1. The first-order valence-corrected chi connectivity index (χ1v) is 8.84. The lowest BCUT2D eigenvalue weighted by molar-refractivity contribution is -0.164. The third-order valence-electron chi connectivity index (χ3n) is 4.41. The van der Waals surface area contributed by atoms with Crippen molar-refractivity contribution >= 4 is 64.0 Å². The first kappa shape index (κ1) is 19.2. The van der Waals surface area contributed by atoms with E-state index in [9.17, 15) is 4.79 Å². The molecule has 7 heteroatoms. The van der Waals surface area contributed by atoms with Gasteiger partial charge in [0.2, 0.25) is 0 Å². The van der Waals surface area contributed by atoms with Crippen LogP contribution in [0.5, 0.6) is 0 Å². The maximum absolute atomic E-state index is 12.3. The predicted molar refractivity (Wildman–Crippen MR) is 96.4 cm³/mol. The van der Waals surface area contributed by atoms with Crippen LogP contribution < -0.4 is 0 Å². The molecule has 0 heterocycles. The highest BCUT2D eigenvalue weighted by atomic mass is 35.5. The Morgan fingerprint density at radius 3 is 2.39 bits per heavy atom. The number of hydrogen-bond acceptors (Lipinski definition) is 2. The molecular weight excluding hydrogens is 401 g/mol. The quantitative estimate of drug-likeness (QED) is 0.405. The summed E-state index contributed by atoms with van der Waals surface area (Å²) < 4.78 is 5.60. The standard InChI is InChI=1S/C16H15Cl5O2/c1-16(2)9(5-14(20)21)4-10(16)15(22)23-7-8-3-12(18)13(19)6-11(8)17/h3,5-6,9-10H,4,7H2,1-2H3. The number of allylic oxidation sites excluding steroid dienone is 1. The van der Waals surface area contributed by atoms with E-state index >= 15 is 0 Å². The molecule has 0 amide bonds. The van der Waals surface area contributed by atoms with Crippen molar-refractivity contribution in [3.63, 3.8) is 0 Å². The van der Waals surface area contributed by atoms with Crippen LogP contribution in [0.25, 0.3) is 0 Å². The number of ether oxygens (including phenoxy) is 1. The fraction of sp³-hybridized carbons (Fsp3) is 0.438. The van der Waals surface area contributed by atoms with E-state index in [2.05, 4.69) is 0 Å². The van der Waals surface area contributed by atoms with Crippen molar-refractivity contribution < 1.29 is 9.53 Å². The Bertz CT molecular complexity index is 650. The lowest BCUT2D eigenvalue weighted by Crippen LogP contribution is -2.48. The molecule has 0 radical (unpaired) electrons. The predicted octanol–water partition coefficient (Wildman–Crippen LogP) is 6.67. The topological polar surface area (TPSA) is 26.3 Å². The van der Waals surface area contributed by atoms with Crippen LogP contribution in [0.2, 0.25) is 15.1 Å². The molecule has 2 nitrogen and oxygen atoms in total. The second-order valence-electron chi connectivity index (χ2n) is 6.14. The van der Waals surface area contributed by atoms with Gasteiger partial charge in [0.25, 0.3) is 0 Å². The Labute approximate surface area is 160 Å². The molecule has 0 bridgehead atoms. The number of hydrogen-bond donors (Lipinski definition) is 0. The van der Waals surface area contributed by atoms with Crippen LogP contribution in [0, 0.1) is 17.3 Å². The highest BCUT2D eigenvalue weighted by Crippen LogP contribution is 2.53. The van der Waals surface area contributed by atoms with E-state index in [1.807, 2.05) is 13.8 Å². The minimum Gasteiger partial charge on any atom is -0.461 e. The van der Waals surface area contributed by atoms with Gasteiger partial charge in [-0.15, -0.1) is 0 Å². The maximum atomic E-state index is 12.3. The second-order valence-corrected chi connectivity index (χ2v) is 8.37. The van der Waals surface area contributed by atoms with Crippen molar-refractivity contribution in [2.45, 2.75) is 26.9 Å². The van der Waals surface area contributed by atoms with E-state index in [0.717, 1.165) is 0 Å². The average Bonchev–Trinajstić information content (AvgIpc) is 2.45. The molecule has 1 aromatic carbocycles. The van der Waals surface area contributed by atoms with E-state index in [-0.39, 0.29) is 34.3 Å². The van der Waals surface area contributed by atoms with Crippen molar-refractivity contribution in [2.75, 3.05) is 0 Å². The second kappa shape index (κ2) is 7.41. The molecule has 126 valence electrons. The molecule has 0 N–H and O–H groups in total. The summed E-state index contributed by atoms with van der Waals surface area (Å²) in [5, 5.41) is 1.14. The number of esters is 1. The Hall–Kier alpha value is -0.120. The Kier molecular flexibility index (Phi) is 6.19. The zero-order chi connectivity index (χ0) is 17.4. The highest BCUT2D eigenvalue weighted by Gasteiger charge is 2.51. The van der Waals surface area contributed by atoms with Crippen LogP contribution in [0.4, 0.5) is 0 Å².